The van der Waals surface area contributed by atoms with Crippen LogP contribution in [0.3, 0.4) is 0 Å². The van der Waals surface area contributed by atoms with Crippen molar-refractivity contribution in [2.24, 2.45) is 0 Å². The van der Waals surface area contributed by atoms with Crippen molar-refractivity contribution in [3.63, 3.8) is 0 Å². The van der Waals surface area contributed by atoms with Crippen LogP contribution in [0.4, 0.5) is 0 Å². The van der Waals surface area contributed by atoms with Gasteiger partial charge in [-0.25, -0.2) is 9.97 Å². The van der Waals surface area contributed by atoms with Gasteiger partial charge >= 0.3 is 0 Å². The average molecular weight is 411 g/mol. The molecule has 31 heavy (non-hydrogen) atoms. The minimum Gasteiger partial charge on any atom is -0.302 e. The minimum absolute atomic E-state index is 0.635. The summed E-state index contributed by atoms with van der Waals surface area (Å²) in [6, 6.07) is 20.1. The monoisotopic (exact) mass is 410 g/mol. The van der Waals surface area contributed by atoms with E-state index < -0.39 is 0 Å². The van der Waals surface area contributed by atoms with Gasteiger partial charge in [0, 0.05) is 43.6 Å². The van der Waals surface area contributed by atoms with Crippen LogP contribution in [-0.2, 0) is 13.0 Å². The van der Waals surface area contributed by atoms with Gasteiger partial charge in [0.05, 0.1) is 5.56 Å². The fourth-order valence-electron chi connectivity index (χ4n) is 4.13. The molecule has 1 atom stereocenters. The minimum atomic E-state index is 0.635. The van der Waals surface area contributed by atoms with Crippen LogP contribution < -0.4 is 0 Å². The zero-order valence-electron chi connectivity index (χ0n) is 18.2. The van der Waals surface area contributed by atoms with Crippen molar-refractivity contribution in [3.8, 4) is 11.8 Å². The number of rotatable bonds is 6. The summed E-state index contributed by atoms with van der Waals surface area (Å²) in [5.74, 6) is 6.30. The first-order valence-corrected chi connectivity index (χ1v) is 11.1. The van der Waals surface area contributed by atoms with Crippen molar-refractivity contribution in [3.05, 3.63) is 95.6 Å². The zero-order valence-corrected chi connectivity index (χ0v) is 18.2. The molecule has 3 aromatic rings. The molecule has 1 aliphatic heterocycles. The van der Waals surface area contributed by atoms with E-state index in [0.29, 0.717) is 6.04 Å². The fraction of sp³-hybridized carbons (Fsp3) is 0.333. The molecule has 0 bridgehead atoms. The summed E-state index contributed by atoms with van der Waals surface area (Å²) in [5, 5.41) is 0. The Morgan fingerprint density at radius 2 is 1.68 bits per heavy atom. The lowest BCUT2D eigenvalue weighted by Crippen LogP contribution is -2.46. The number of benzene rings is 2. The van der Waals surface area contributed by atoms with E-state index in [2.05, 4.69) is 93.3 Å². The quantitative estimate of drug-likeness (QED) is 0.575. The number of hydrogen-bond donors (Lipinski definition) is 0. The third-order valence-electron chi connectivity index (χ3n) is 5.97. The predicted molar refractivity (Wildman–Crippen MR) is 126 cm³/mol. The standard InChI is InChI=1S/C27H30N4/c1-30(17-15-23-6-3-2-4-7-23)27-8-5-16-31(21-27)20-25-12-9-24(10-13-25)11-14-26-18-28-22-29-19-26/h2-4,6-7,9-10,12-13,18-19,22,27H,5,8,15-17,20-21H2,1H3/t27-/m0/s1. The van der Waals surface area contributed by atoms with Crippen LogP contribution in [0.1, 0.15) is 35.1 Å². The van der Waals surface area contributed by atoms with Crippen LogP contribution in [0.25, 0.3) is 0 Å². The summed E-state index contributed by atoms with van der Waals surface area (Å²) in [4.78, 5) is 13.1. The van der Waals surface area contributed by atoms with E-state index in [1.807, 2.05) is 0 Å². The summed E-state index contributed by atoms with van der Waals surface area (Å²) in [6.07, 6.45) is 8.66. The van der Waals surface area contributed by atoms with Gasteiger partial charge in [0.15, 0.2) is 0 Å². The first-order valence-electron chi connectivity index (χ1n) is 11.1. The van der Waals surface area contributed by atoms with Crippen molar-refractivity contribution in [1.29, 1.82) is 0 Å². The molecule has 0 unspecified atom stereocenters. The van der Waals surface area contributed by atoms with Crippen molar-refractivity contribution in [2.75, 3.05) is 26.7 Å². The zero-order chi connectivity index (χ0) is 21.3. The molecule has 0 spiro atoms. The van der Waals surface area contributed by atoms with E-state index >= 15 is 0 Å². The Morgan fingerprint density at radius 1 is 0.935 bits per heavy atom. The number of aromatic nitrogens is 2. The van der Waals surface area contributed by atoms with Crippen LogP contribution in [0.15, 0.2) is 73.3 Å². The van der Waals surface area contributed by atoms with Gasteiger partial charge in [0.1, 0.15) is 6.33 Å². The molecule has 0 amide bonds. The molecule has 0 aliphatic carbocycles. The van der Waals surface area contributed by atoms with Gasteiger partial charge in [-0.05, 0) is 56.1 Å². The lowest BCUT2D eigenvalue weighted by atomic mass is 10.0. The summed E-state index contributed by atoms with van der Waals surface area (Å²) in [6.45, 7) is 4.44. The molecule has 1 aliphatic rings. The number of piperidine rings is 1. The highest BCUT2D eigenvalue weighted by atomic mass is 15.2. The van der Waals surface area contributed by atoms with Gasteiger partial charge in [0.2, 0.25) is 0 Å². The maximum Gasteiger partial charge on any atom is 0.115 e. The van der Waals surface area contributed by atoms with Gasteiger partial charge in [-0.2, -0.15) is 0 Å². The molecule has 158 valence electrons. The van der Waals surface area contributed by atoms with Crippen molar-refractivity contribution in [2.45, 2.75) is 31.8 Å². The highest BCUT2D eigenvalue weighted by Gasteiger charge is 2.23. The lowest BCUT2D eigenvalue weighted by molar-refractivity contribution is 0.112. The molecule has 2 heterocycles. The Bertz CT molecular complexity index is 990. The van der Waals surface area contributed by atoms with Crippen LogP contribution in [-0.4, -0.2) is 52.5 Å². The summed E-state index contributed by atoms with van der Waals surface area (Å²) in [5.41, 5.74) is 4.62. The fourth-order valence-corrected chi connectivity index (χ4v) is 4.13. The molecule has 0 radical (unpaired) electrons. The van der Waals surface area contributed by atoms with E-state index in [1.165, 1.54) is 36.8 Å². The SMILES string of the molecule is CN(CCc1ccccc1)[C@H]1CCCN(Cc2ccc(C#Cc3cncnc3)cc2)C1. The second-order valence-electron chi connectivity index (χ2n) is 8.32. The van der Waals surface area contributed by atoms with Crippen LogP contribution in [0.5, 0.6) is 0 Å². The molecule has 0 saturated carbocycles. The van der Waals surface area contributed by atoms with Gasteiger partial charge in [-0.15, -0.1) is 0 Å². The van der Waals surface area contributed by atoms with Gasteiger partial charge in [0.25, 0.3) is 0 Å². The third-order valence-corrected chi connectivity index (χ3v) is 5.97. The van der Waals surface area contributed by atoms with Gasteiger partial charge in [-0.3, -0.25) is 4.90 Å². The molecule has 4 rings (SSSR count). The number of hydrogen-bond acceptors (Lipinski definition) is 4. The van der Waals surface area contributed by atoms with E-state index in [4.69, 9.17) is 0 Å². The van der Waals surface area contributed by atoms with Crippen molar-refractivity contribution in [1.82, 2.24) is 19.8 Å². The Morgan fingerprint density at radius 3 is 2.45 bits per heavy atom. The Labute approximate surface area is 186 Å². The van der Waals surface area contributed by atoms with E-state index in [9.17, 15) is 0 Å². The smallest absolute Gasteiger partial charge is 0.115 e. The number of likely N-dealkylation sites (N-methyl/N-ethyl adjacent to an activating group) is 1. The largest absolute Gasteiger partial charge is 0.302 e. The maximum atomic E-state index is 4.00. The topological polar surface area (TPSA) is 32.3 Å². The Hall–Kier alpha value is -3.00. The predicted octanol–water partition coefficient (Wildman–Crippen LogP) is 4.02. The van der Waals surface area contributed by atoms with E-state index in [-0.39, 0.29) is 0 Å². The summed E-state index contributed by atoms with van der Waals surface area (Å²) < 4.78 is 0. The van der Waals surface area contributed by atoms with Crippen LogP contribution >= 0.6 is 0 Å². The van der Waals surface area contributed by atoms with Gasteiger partial charge in [-0.1, -0.05) is 54.3 Å². The Kier molecular flexibility index (Phi) is 7.44. The second kappa shape index (κ2) is 10.9. The normalized spacial score (nSPS) is 16.6. The molecule has 4 heteroatoms. The number of nitrogens with zero attached hydrogens (tertiary/aromatic N) is 4. The molecule has 2 aromatic carbocycles. The van der Waals surface area contributed by atoms with E-state index in [1.54, 1.807) is 12.4 Å². The average Bonchev–Trinajstić information content (AvgIpc) is 2.83. The highest BCUT2D eigenvalue weighted by Crippen LogP contribution is 2.18. The molecule has 1 fully saturated rings. The van der Waals surface area contributed by atoms with Crippen LogP contribution in [0.2, 0.25) is 0 Å². The third kappa shape index (κ3) is 6.49. The first kappa shape index (κ1) is 21.2. The summed E-state index contributed by atoms with van der Waals surface area (Å²) in [7, 11) is 2.28. The number of likely N-dealkylation sites (tertiary alicyclic amines) is 1. The molecule has 0 N–H and O–H groups in total. The summed E-state index contributed by atoms with van der Waals surface area (Å²) >= 11 is 0. The molecule has 4 nitrogen and oxygen atoms in total. The first-order chi connectivity index (χ1) is 15.3. The molecular weight excluding hydrogens is 380 g/mol. The molecule has 1 saturated heterocycles. The molecular formula is C27H30N4. The van der Waals surface area contributed by atoms with Crippen LogP contribution in [0, 0.1) is 11.8 Å². The van der Waals surface area contributed by atoms with Gasteiger partial charge < -0.3 is 4.90 Å². The lowest BCUT2D eigenvalue weighted by Gasteiger charge is -2.37. The second-order valence-corrected chi connectivity index (χ2v) is 8.32. The van der Waals surface area contributed by atoms with E-state index in [0.717, 1.165) is 37.2 Å². The van der Waals surface area contributed by atoms with Crippen molar-refractivity contribution >= 4 is 0 Å². The Balaban J connectivity index is 1.28. The van der Waals surface area contributed by atoms with Crippen molar-refractivity contribution < 1.29 is 0 Å². The highest BCUT2D eigenvalue weighted by molar-refractivity contribution is 5.41. The maximum absolute atomic E-state index is 4.00. The molecule has 1 aromatic heterocycles.